The highest BCUT2D eigenvalue weighted by molar-refractivity contribution is 6.06. The molecule has 0 saturated carbocycles. The summed E-state index contributed by atoms with van der Waals surface area (Å²) in [5.41, 5.74) is 5.48. The minimum absolute atomic E-state index is 0.0794. The molecular weight excluding hydrogens is 312 g/mol. The van der Waals surface area contributed by atoms with Gasteiger partial charge in [0.1, 0.15) is 5.69 Å². The fourth-order valence-corrected chi connectivity index (χ4v) is 3.54. The van der Waals surface area contributed by atoms with Crippen LogP contribution >= 0.6 is 0 Å². The van der Waals surface area contributed by atoms with Crippen molar-refractivity contribution >= 4 is 16.8 Å². The first kappa shape index (κ1) is 15.0. The van der Waals surface area contributed by atoms with Crippen molar-refractivity contribution in [3.63, 3.8) is 0 Å². The standard InChI is InChI=1S/C20H14N4O/c1-12-16-8-14(11-22)9-17(15-4-2-13(10-21)3-5-15)19(16)24-7-6-23-20(25)18(12)24/h2-5,8-9H,6-7H2,1H3,(H,23,25). The molecule has 120 valence electrons. The van der Waals surface area contributed by atoms with E-state index in [1.807, 2.05) is 35.8 Å². The van der Waals surface area contributed by atoms with Crippen LogP contribution in [0.2, 0.25) is 0 Å². The number of aryl methyl sites for hydroxylation is 1. The minimum Gasteiger partial charge on any atom is -0.349 e. The number of amides is 1. The molecule has 1 aliphatic rings. The Bertz CT molecular complexity index is 1110. The van der Waals surface area contributed by atoms with Gasteiger partial charge in [0.25, 0.3) is 5.91 Å². The molecule has 0 aliphatic carbocycles. The maximum Gasteiger partial charge on any atom is 0.268 e. The van der Waals surface area contributed by atoms with E-state index in [1.165, 1.54) is 0 Å². The van der Waals surface area contributed by atoms with Crippen LogP contribution in [0, 0.1) is 29.6 Å². The quantitative estimate of drug-likeness (QED) is 0.746. The van der Waals surface area contributed by atoms with E-state index in [1.54, 1.807) is 12.1 Å². The van der Waals surface area contributed by atoms with E-state index >= 15 is 0 Å². The topological polar surface area (TPSA) is 81.6 Å². The highest BCUT2D eigenvalue weighted by Crippen LogP contribution is 2.36. The van der Waals surface area contributed by atoms with Crippen LogP contribution in [0.4, 0.5) is 0 Å². The molecule has 2 heterocycles. The molecule has 0 radical (unpaired) electrons. The summed E-state index contributed by atoms with van der Waals surface area (Å²) in [6.45, 7) is 3.20. The largest absolute Gasteiger partial charge is 0.349 e. The molecule has 1 aromatic heterocycles. The number of hydrogen-bond acceptors (Lipinski definition) is 3. The molecule has 0 bridgehead atoms. The van der Waals surface area contributed by atoms with Crippen molar-refractivity contribution in [2.45, 2.75) is 13.5 Å². The summed E-state index contributed by atoms with van der Waals surface area (Å²) < 4.78 is 2.04. The van der Waals surface area contributed by atoms with Crippen LogP contribution in [0.3, 0.4) is 0 Å². The van der Waals surface area contributed by atoms with Crippen molar-refractivity contribution in [2.24, 2.45) is 0 Å². The Balaban J connectivity index is 2.09. The van der Waals surface area contributed by atoms with Crippen molar-refractivity contribution in [1.82, 2.24) is 9.88 Å². The Morgan fingerprint density at radius 1 is 1.08 bits per heavy atom. The molecule has 0 saturated heterocycles. The molecule has 25 heavy (non-hydrogen) atoms. The Labute approximate surface area is 144 Å². The fraction of sp³-hybridized carbons (Fsp3) is 0.150. The van der Waals surface area contributed by atoms with Gasteiger partial charge >= 0.3 is 0 Å². The number of fused-ring (bicyclic) bond motifs is 3. The van der Waals surface area contributed by atoms with E-state index in [9.17, 15) is 10.1 Å². The van der Waals surface area contributed by atoms with Gasteiger partial charge in [-0.15, -0.1) is 0 Å². The van der Waals surface area contributed by atoms with Gasteiger partial charge in [0.05, 0.1) is 28.8 Å². The van der Waals surface area contributed by atoms with Gasteiger partial charge in [0.2, 0.25) is 0 Å². The lowest BCUT2D eigenvalue weighted by Gasteiger charge is -2.18. The van der Waals surface area contributed by atoms with E-state index < -0.39 is 0 Å². The minimum atomic E-state index is -0.0794. The zero-order valence-electron chi connectivity index (χ0n) is 13.6. The third kappa shape index (κ3) is 2.18. The highest BCUT2D eigenvalue weighted by atomic mass is 16.2. The second-order valence-electron chi connectivity index (χ2n) is 6.10. The second kappa shape index (κ2) is 5.51. The summed E-state index contributed by atoms with van der Waals surface area (Å²) in [4.78, 5) is 12.3. The van der Waals surface area contributed by atoms with Crippen molar-refractivity contribution in [3.05, 3.63) is 58.8 Å². The number of carbonyl (C=O) groups is 1. The van der Waals surface area contributed by atoms with Crippen molar-refractivity contribution < 1.29 is 4.79 Å². The Hall–Kier alpha value is -3.57. The number of aromatic nitrogens is 1. The fourth-order valence-electron chi connectivity index (χ4n) is 3.54. The summed E-state index contributed by atoms with van der Waals surface area (Å²) in [7, 11) is 0. The monoisotopic (exact) mass is 326 g/mol. The van der Waals surface area contributed by atoms with E-state index in [0.717, 1.165) is 27.6 Å². The molecule has 5 heteroatoms. The smallest absolute Gasteiger partial charge is 0.268 e. The van der Waals surface area contributed by atoms with Crippen LogP contribution < -0.4 is 5.32 Å². The first-order valence-electron chi connectivity index (χ1n) is 7.99. The molecule has 0 fully saturated rings. The molecule has 0 spiro atoms. The highest BCUT2D eigenvalue weighted by Gasteiger charge is 2.25. The third-order valence-corrected chi connectivity index (χ3v) is 4.70. The Morgan fingerprint density at radius 3 is 2.48 bits per heavy atom. The van der Waals surface area contributed by atoms with Crippen LogP contribution in [-0.4, -0.2) is 17.0 Å². The first-order chi connectivity index (χ1) is 12.1. The lowest BCUT2D eigenvalue weighted by atomic mass is 9.98. The molecule has 1 N–H and O–H groups in total. The van der Waals surface area contributed by atoms with Gasteiger partial charge in [0, 0.05) is 24.0 Å². The molecule has 5 nitrogen and oxygen atoms in total. The maximum absolute atomic E-state index is 12.3. The molecule has 1 amide bonds. The van der Waals surface area contributed by atoms with E-state index in [4.69, 9.17) is 5.26 Å². The summed E-state index contributed by atoms with van der Waals surface area (Å²) >= 11 is 0. The number of nitrogens with zero attached hydrogens (tertiary/aromatic N) is 3. The third-order valence-electron chi connectivity index (χ3n) is 4.70. The van der Waals surface area contributed by atoms with Crippen molar-refractivity contribution in [2.75, 3.05) is 6.54 Å². The molecular formula is C20H14N4O. The molecule has 2 aromatic carbocycles. The Kier molecular flexibility index (Phi) is 3.30. The van der Waals surface area contributed by atoms with Crippen LogP contribution in [-0.2, 0) is 6.54 Å². The van der Waals surface area contributed by atoms with E-state index in [-0.39, 0.29) is 5.91 Å². The van der Waals surface area contributed by atoms with E-state index in [2.05, 4.69) is 17.5 Å². The van der Waals surface area contributed by atoms with Gasteiger partial charge in [-0.2, -0.15) is 10.5 Å². The average Bonchev–Trinajstić information content (AvgIpc) is 2.95. The van der Waals surface area contributed by atoms with Crippen LogP contribution in [0.5, 0.6) is 0 Å². The summed E-state index contributed by atoms with van der Waals surface area (Å²) in [6, 6.07) is 15.3. The van der Waals surface area contributed by atoms with Gasteiger partial charge in [0.15, 0.2) is 0 Å². The summed E-state index contributed by atoms with van der Waals surface area (Å²) in [6.07, 6.45) is 0. The van der Waals surface area contributed by atoms with E-state index in [0.29, 0.717) is 29.9 Å². The second-order valence-corrected chi connectivity index (χ2v) is 6.10. The molecule has 0 unspecified atom stereocenters. The summed E-state index contributed by atoms with van der Waals surface area (Å²) in [5, 5.41) is 22.2. The number of carbonyl (C=O) groups excluding carboxylic acids is 1. The number of hydrogen-bond donors (Lipinski definition) is 1. The molecule has 1 aliphatic heterocycles. The summed E-state index contributed by atoms with van der Waals surface area (Å²) in [5.74, 6) is -0.0794. The van der Waals surface area contributed by atoms with Gasteiger partial charge in [-0.05, 0) is 42.3 Å². The normalized spacial score (nSPS) is 13.0. The number of nitrogens with one attached hydrogen (secondary N) is 1. The average molecular weight is 326 g/mol. The van der Waals surface area contributed by atoms with Gasteiger partial charge in [-0.3, -0.25) is 4.79 Å². The number of nitriles is 2. The first-order valence-corrected chi connectivity index (χ1v) is 7.99. The van der Waals surface area contributed by atoms with Crippen molar-refractivity contribution in [3.8, 4) is 23.3 Å². The van der Waals surface area contributed by atoms with Crippen LogP contribution in [0.1, 0.15) is 27.2 Å². The molecule has 4 rings (SSSR count). The SMILES string of the molecule is Cc1c2n(c3c(-c4ccc(C#N)cc4)cc(C#N)cc13)CCNC2=O. The van der Waals surface area contributed by atoms with Crippen LogP contribution in [0.25, 0.3) is 22.0 Å². The van der Waals surface area contributed by atoms with Gasteiger partial charge in [-0.1, -0.05) is 12.1 Å². The predicted molar refractivity (Wildman–Crippen MR) is 93.9 cm³/mol. The van der Waals surface area contributed by atoms with Crippen LogP contribution in [0.15, 0.2) is 36.4 Å². The Morgan fingerprint density at radius 2 is 1.80 bits per heavy atom. The lowest BCUT2D eigenvalue weighted by Crippen LogP contribution is -2.35. The molecule has 0 atom stereocenters. The predicted octanol–water partition coefficient (Wildman–Crippen LogP) is 3.10. The lowest BCUT2D eigenvalue weighted by molar-refractivity contribution is 0.0928. The zero-order chi connectivity index (χ0) is 17.6. The van der Waals surface area contributed by atoms with Crippen molar-refractivity contribution in [1.29, 1.82) is 10.5 Å². The maximum atomic E-state index is 12.3. The number of rotatable bonds is 1. The van der Waals surface area contributed by atoms with Gasteiger partial charge < -0.3 is 9.88 Å². The zero-order valence-corrected chi connectivity index (χ0v) is 13.6. The van der Waals surface area contributed by atoms with Gasteiger partial charge in [-0.25, -0.2) is 0 Å². The molecule has 3 aromatic rings. The number of benzene rings is 2.